The topological polar surface area (TPSA) is 154 Å². The highest BCUT2D eigenvalue weighted by molar-refractivity contribution is 7.89. The minimum absolute atomic E-state index is 0.0161. The van der Waals surface area contributed by atoms with Crippen LogP contribution in [0.1, 0.15) is 46.0 Å². The van der Waals surface area contributed by atoms with Crippen LogP contribution in [0, 0.1) is 32.1 Å². The van der Waals surface area contributed by atoms with E-state index in [4.69, 9.17) is 10.00 Å². The Morgan fingerprint density at radius 1 is 1.03 bits per heavy atom. The van der Waals surface area contributed by atoms with Crippen LogP contribution in [-0.4, -0.2) is 51.9 Å². The molecule has 2 rings (SSSR count). The number of hydrogen-bond acceptors (Lipinski definition) is 7. The zero-order valence-electron chi connectivity index (χ0n) is 20.7. The molecule has 2 aromatic rings. The first-order valence-electron chi connectivity index (χ1n) is 11.3. The van der Waals surface area contributed by atoms with E-state index in [2.05, 4.69) is 15.4 Å². The number of esters is 1. The van der Waals surface area contributed by atoms with Crippen LogP contribution in [-0.2, 0) is 24.3 Å². The number of amides is 2. The Morgan fingerprint density at radius 3 is 2.19 bits per heavy atom. The standard InChI is InChI=1S/C25H30N4O6S/c1-5-35-25(32)21(29-36(33,34)23-17(3)12-16(2)13-18(23)4)15-28-22(30)10-11-27-24(31)20-8-6-19(14-26)7-9-20/h6-9,12-13,21,29H,5,10-11,15H2,1-4H3,(H,27,31)(H,28,30)/t21-/m0/s1. The summed E-state index contributed by atoms with van der Waals surface area (Å²) in [7, 11) is -4.09. The number of nitriles is 1. The molecule has 0 bridgehead atoms. The normalized spacial score (nSPS) is 11.8. The van der Waals surface area contributed by atoms with Gasteiger partial charge in [0.1, 0.15) is 6.04 Å². The van der Waals surface area contributed by atoms with Crippen molar-refractivity contribution in [3.63, 3.8) is 0 Å². The monoisotopic (exact) mass is 514 g/mol. The first-order valence-corrected chi connectivity index (χ1v) is 12.8. The molecule has 1 atom stereocenters. The lowest BCUT2D eigenvalue weighted by Crippen LogP contribution is -2.49. The van der Waals surface area contributed by atoms with E-state index in [9.17, 15) is 22.8 Å². The van der Waals surface area contributed by atoms with Gasteiger partial charge in [-0.05, 0) is 63.1 Å². The van der Waals surface area contributed by atoms with Crippen molar-refractivity contribution in [2.75, 3.05) is 19.7 Å². The molecular weight excluding hydrogens is 484 g/mol. The molecule has 36 heavy (non-hydrogen) atoms. The SMILES string of the molecule is CCOC(=O)[C@H](CNC(=O)CCNC(=O)c1ccc(C#N)cc1)NS(=O)(=O)c1c(C)cc(C)cc1C. The summed E-state index contributed by atoms with van der Waals surface area (Å²) in [6, 6.07) is 10.1. The quantitative estimate of drug-likeness (QED) is 0.385. The van der Waals surface area contributed by atoms with Gasteiger partial charge < -0.3 is 15.4 Å². The molecule has 0 heterocycles. The average molecular weight is 515 g/mol. The van der Waals surface area contributed by atoms with Gasteiger partial charge in [-0.1, -0.05) is 17.7 Å². The lowest BCUT2D eigenvalue weighted by Gasteiger charge is -2.20. The fraction of sp³-hybridized carbons (Fsp3) is 0.360. The molecule has 0 spiro atoms. The minimum Gasteiger partial charge on any atom is -0.465 e. The van der Waals surface area contributed by atoms with E-state index in [1.165, 1.54) is 24.3 Å². The molecule has 2 amide bonds. The number of hydrogen-bond donors (Lipinski definition) is 3. The second kappa shape index (κ2) is 12.8. The average Bonchev–Trinajstić information content (AvgIpc) is 2.80. The maximum atomic E-state index is 13.1. The van der Waals surface area contributed by atoms with Gasteiger partial charge in [-0.25, -0.2) is 8.42 Å². The van der Waals surface area contributed by atoms with E-state index in [0.717, 1.165) is 5.56 Å². The van der Waals surface area contributed by atoms with Crippen LogP contribution in [0.25, 0.3) is 0 Å². The molecule has 0 fully saturated rings. The summed E-state index contributed by atoms with van der Waals surface area (Å²) in [5, 5.41) is 13.9. The number of nitrogens with zero attached hydrogens (tertiary/aromatic N) is 1. The predicted octanol–water partition coefficient (Wildman–Crippen LogP) is 1.63. The van der Waals surface area contributed by atoms with Crippen LogP contribution in [0.15, 0.2) is 41.3 Å². The van der Waals surface area contributed by atoms with Crippen LogP contribution < -0.4 is 15.4 Å². The van der Waals surface area contributed by atoms with Gasteiger partial charge in [-0.15, -0.1) is 0 Å². The summed E-state index contributed by atoms with van der Waals surface area (Å²) in [5.74, 6) is -1.72. The third-order valence-corrected chi connectivity index (χ3v) is 6.94. The number of carbonyl (C=O) groups is 3. The van der Waals surface area contributed by atoms with Crippen molar-refractivity contribution in [1.29, 1.82) is 5.26 Å². The van der Waals surface area contributed by atoms with Crippen LogP contribution in [0.5, 0.6) is 0 Å². The molecule has 0 aliphatic carbocycles. The molecule has 0 saturated heterocycles. The van der Waals surface area contributed by atoms with E-state index in [1.807, 2.05) is 13.0 Å². The molecule has 10 nitrogen and oxygen atoms in total. The highest BCUT2D eigenvalue weighted by Crippen LogP contribution is 2.22. The van der Waals surface area contributed by atoms with Gasteiger partial charge in [-0.2, -0.15) is 9.98 Å². The molecule has 0 aromatic heterocycles. The number of carbonyl (C=O) groups excluding carboxylic acids is 3. The number of rotatable bonds is 11. The summed E-state index contributed by atoms with van der Waals surface area (Å²) in [5.41, 5.74) is 2.73. The van der Waals surface area contributed by atoms with Crippen molar-refractivity contribution in [2.24, 2.45) is 0 Å². The summed E-state index contributed by atoms with van der Waals surface area (Å²) >= 11 is 0. The number of benzene rings is 2. The van der Waals surface area contributed by atoms with Gasteiger partial charge in [0.05, 0.1) is 23.1 Å². The zero-order chi connectivity index (χ0) is 26.9. The Kier molecular flexibility index (Phi) is 10.1. The van der Waals surface area contributed by atoms with Gasteiger partial charge in [0, 0.05) is 25.1 Å². The fourth-order valence-electron chi connectivity index (χ4n) is 3.64. The summed E-state index contributed by atoms with van der Waals surface area (Å²) in [4.78, 5) is 36.9. The Balaban J connectivity index is 1.98. The van der Waals surface area contributed by atoms with Crippen molar-refractivity contribution >= 4 is 27.8 Å². The fourth-order valence-corrected chi connectivity index (χ4v) is 5.28. The molecule has 192 valence electrons. The van der Waals surface area contributed by atoms with Crippen LogP contribution in [0.4, 0.5) is 0 Å². The Hall–Kier alpha value is -3.75. The van der Waals surface area contributed by atoms with Gasteiger partial charge in [0.2, 0.25) is 15.9 Å². The molecule has 0 aliphatic heterocycles. The van der Waals surface area contributed by atoms with Gasteiger partial charge in [-0.3, -0.25) is 14.4 Å². The van der Waals surface area contributed by atoms with Crippen LogP contribution in [0.2, 0.25) is 0 Å². The maximum absolute atomic E-state index is 13.1. The van der Waals surface area contributed by atoms with E-state index in [-0.39, 0.29) is 31.0 Å². The lowest BCUT2D eigenvalue weighted by atomic mass is 10.1. The summed E-state index contributed by atoms with van der Waals surface area (Å²) < 4.78 is 33.5. The summed E-state index contributed by atoms with van der Waals surface area (Å²) in [6.45, 7) is 6.51. The third kappa shape index (κ3) is 7.90. The molecular formula is C25H30N4O6S. The predicted molar refractivity (Wildman–Crippen MR) is 133 cm³/mol. The smallest absolute Gasteiger partial charge is 0.326 e. The highest BCUT2D eigenvalue weighted by atomic mass is 32.2. The number of ether oxygens (including phenoxy) is 1. The van der Waals surface area contributed by atoms with Crippen molar-refractivity contribution in [3.05, 3.63) is 64.2 Å². The lowest BCUT2D eigenvalue weighted by molar-refractivity contribution is -0.145. The zero-order valence-corrected chi connectivity index (χ0v) is 21.5. The third-order valence-electron chi connectivity index (χ3n) is 5.16. The van der Waals surface area contributed by atoms with Gasteiger partial charge >= 0.3 is 5.97 Å². The first-order chi connectivity index (χ1) is 17.0. The van der Waals surface area contributed by atoms with Crippen molar-refractivity contribution in [1.82, 2.24) is 15.4 Å². The van der Waals surface area contributed by atoms with Crippen molar-refractivity contribution < 1.29 is 27.5 Å². The van der Waals surface area contributed by atoms with Crippen molar-refractivity contribution in [2.45, 2.75) is 45.1 Å². The Bertz CT molecular complexity index is 1240. The van der Waals surface area contributed by atoms with Gasteiger partial charge in [0.25, 0.3) is 5.91 Å². The van der Waals surface area contributed by atoms with Crippen molar-refractivity contribution in [3.8, 4) is 6.07 Å². The van der Waals surface area contributed by atoms with E-state index in [0.29, 0.717) is 22.3 Å². The van der Waals surface area contributed by atoms with E-state index in [1.54, 1.807) is 32.9 Å². The number of nitrogens with one attached hydrogen (secondary N) is 3. The van der Waals surface area contributed by atoms with E-state index < -0.39 is 33.8 Å². The molecule has 11 heteroatoms. The van der Waals surface area contributed by atoms with Crippen LogP contribution in [0.3, 0.4) is 0 Å². The minimum atomic E-state index is -4.09. The highest BCUT2D eigenvalue weighted by Gasteiger charge is 2.29. The molecule has 3 N–H and O–H groups in total. The Morgan fingerprint density at radius 2 is 1.64 bits per heavy atom. The largest absolute Gasteiger partial charge is 0.465 e. The second-order valence-corrected chi connectivity index (χ2v) is 9.80. The molecule has 0 radical (unpaired) electrons. The molecule has 0 aliphatic rings. The second-order valence-electron chi connectivity index (χ2n) is 8.15. The van der Waals surface area contributed by atoms with Crippen LogP contribution >= 0.6 is 0 Å². The molecule has 0 unspecified atom stereocenters. The number of aryl methyl sites for hydroxylation is 3. The number of sulfonamides is 1. The van der Waals surface area contributed by atoms with Gasteiger partial charge in [0.15, 0.2) is 0 Å². The molecule has 0 saturated carbocycles. The maximum Gasteiger partial charge on any atom is 0.326 e. The molecule has 2 aromatic carbocycles. The first kappa shape index (κ1) is 28.5. The Labute approximate surface area is 211 Å². The van der Waals surface area contributed by atoms with E-state index >= 15 is 0 Å². The summed E-state index contributed by atoms with van der Waals surface area (Å²) in [6.07, 6.45) is -0.0967.